The van der Waals surface area contributed by atoms with E-state index in [-0.39, 0.29) is 18.0 Å². The molecule has 3 nitrogen and oxygen atoms in total. The third kappa shape index (κ3) is 2.63. The predicted molar refractivity (Wildman–Crippen MR) is 62.6 cm³/mol. The number of amides is 1. The molecule has 3 heteroatoms. The molecule has 0 heterocycles. The van der Waals surface area contributed by atoms with Crippen LogP contribution in [0.1, 0.15) is 27.7 Å². The van der Waals surface area contributed by atoms with Crippen molar-refractivity contribution in [3.8, 4) is 0 Å². The Morgan fingerprint density at radius 3 is 2.19 bits per heavy atom. The van der Waals surface area contributed by atoms with Crippen molar-refractivity contribution < 1.29 is 9.59 Å². The Bertz CT molecular complexity index is 253. The van der Waals surface area contributed by atoms with E-state index in [1.54, 1.807) is 24.2 Å². The fourth-order valence-corrected chi connectivity index (χ4v) is 1.94. The first-order valence-corrected chi connectivity index (χ1v) is 5.52. The third-order valence-electron chi connectivity index (χ3n) is 2.55. The SMILES string of the molecule is CC(C)N(C(=O)[C]1[CH][CH][CH][C]1C=O)C(C)C. The second-order valence-electron chi connectivity index (χ2n) is 4.41. The molecule has 0 aromatic rings. The maximum atomic E-state index is 12.2. The van der Waals surface area contributed by atoms with Crippen LogP contribution in [0.3, 0.4) is 0 Å². The number of carbonyl (C=O) groups is 2. The number of carbonyl (C=O) groups excluding carboxylic acids is 2. The topological polar surface area (TPSA) is 37.4 Å². The lowest BCUT2D eigenvalue weighted by Crippen LogP contribution is -2.45. The summed E-state index contributed by atoms with van der Waals surface area (Å²) in [6.45, 7) is 7.89. The highest BCUT2D eigenvalue weighted by Crippen LogP contribution is 2.33. The Morgan fingerprint density at radius 2 is 1.75 bits per heavy atom. The smallest absolute Gasteiger partial charge is 0.231 e. The minimum atomic E-state index is -0.0721. The molecule has 0 aromatic heterocycles. The maximum Gasteiger partial charge on any atom is 0.231 e. The first kappa shape index (κ1) is 13.2. The quantitative estimate of drug-likeness (QED) is 0.675. The highest BCUT2D eigenvalue weighted by atomic mass is 16.2. The summed E-state index contributed by atoms with van der Waals surface area (Å²) in [6, 6.07) is 0.254. The van der Waals surface area contributed by atoms with Gasteiger partial charge >= 0.3 is 0 Å². The zero-order chi connectivity index (χ0) is 12.3. The molecule has 1 saturated carbocycles. The standard InChI is InChI=1S/C13H18NO2/c1-9(2)14(10(3)4)13(16)12-7-5-6-11(12)8-15/h5-10H,1-4H3. The van der Waals surface area contributed by atoms with Crippen LogP contribution >= 0.6 is 0 Å². The molecule has 0 atom stereocenters. The van der Waals surface area contributed by atoms with Gasteiger partial charge in [0.05, 0.1) is 11.8 Å². The van der Waals surface area contributed by atoms with Gasteiger partial charge in [-0.2, -0.15) is 0 Å². The van der Waals surface area contributed by atoms with Gasteiger partial charge in [-0.25, -0.2) is 0 Å². The van der Waals surface area contributed by atoms with E-state index in [2.05, 4.69) is 0 Å². The monoisotopic (exact) mass is 220 g/mol. The van der Waals surface area contributed by atoms with Gasteiger partial charge in [-0.15, -0.1) is 0 Å². The van der Waals surface area contributed by atoms with Gasteiger partial charge in [0, 0.05) is 12.1 Å². The molecule has 0 saturated heterocycles. The number of hydrogen-bond acceptors (Lipinski definition) is 2. The number of hydrogen-bond donors (Lipinski definition) is 0. The van der Waals surface area contributed by atoms with Crippen LogP contribution in [0.5, 0.6) is 0 Å². The molecule has 0 aliphatic heterocycles. The van der Waals surface area contributed by atoms with E-state index in [9.17, 15) is 9.59 Å². The largest absolute Gasteiger partial charge is 0.337 e. The van der Waals surface area contributed by atoms with Crippen molar-refractivity contribution in [2.45, 2.75) is 39.8 Å². The lowest BCUT2D eigenvalue weighted by Gasteiger charge is -2.33. The highest BCUT2D eigenvalue weighted by Gasteiger charge is 2.38. The highest BCUT2D eigenvalue weighted by molar-refractivity contribution is 6.04. The molecule has 0 unspecified atom stereocenters. The summed E-state index contributed by atoms with van der Waals surface area (Å²) >= 11 is 0. The lowest BCUT2D eigenvalue weighted by atomic mass is 9.95. The minimum absolute atomic E-state index is 0.0721. The van der Waals surface area contributed by atoms with Crippen LogP contribution in [0, 0.1) is 31.1 Å². The molecule has 1 amide bonds. The molecule has 1 aliphatic rings. The molecule has 1 fully saturated rings. The second kappa shape index (κ2) is 5.46. The van der Waals surface area contributed by atoms with Crippen molar-refractivity contribution >= 4 is 12.2 Å². The first-order chi connectivity index (χ1) is 7.49. The molecule has 1 rings (SSSR count). The molecule has 0 N–H and O–H groups in total. The van der Waals surface area contributed by atoms with Gasteiger partial charge in [-0.3, -0.25) is 4.79 Å². The Balaban J connectivity index is 2.78. The van der Waals surface area contributed by atoms with Crippen molar-refractivity contribution in [3.05, 3.63) is 31.1 Å². The number of rotatable bonds is 4. The Labute approximate surface area is 98.2 Å². The van der Waals surface area contributed by atoms with E-state index in [0.29, 0.717) is 11.8 Å². The second-order valence-corrected chi connectivity index (χ2v) is 4.41. The molecule has 0 bridgehead atoms. The van der Waals surface area contributed by atoms with E-state index < -0.39 is 0 Å². The van der Waals surface area contributed by atoms with E-state index in [0.717, 1.165) is 6.29 Å². The normalized spacial score (nSPS) is 18.4. The average Bonchev–Trinajstić information content (AvgIpc) is 2.63. The van der Waals surface area contributed by atoms with Crippen LogP contribution in [0.4, 0.5) is 0 Å². The first-order valence-electron chi connectivity index (χ1n) is 5.52. The molecule has 87 valence electrons. The lowest BCUT2D eigenvalue weighted by molar-refractivity contribution is -0.132. The summed E-state index contributed by atoms with van der Waals surface area (Å²) in [5, 5.41) is 0. The number of nitrogens with zero attached hydrogens (tertiary/aromatic N) is 1. The zero-order valence-corrected chi connectivity index (χ0v) is 10.2. The molecule has 1 aliphatic carbocycles. The predicted octanol–water partition coefficient (Wildman–Crippen LogP) is 1.61. The van der Waals surface area contributed by atoms with Crippen molar-refractivity contribution in [1.29, 1.82) is 0 Å². The van der Waals surface area contributed by atoms with Crippen molar-refractivity contribution in [2.75, 3.05) is 0 Å². The van der Waals surface area contributed by atoms with Crippen LogP contribution in [0.25, 0.3) is 0 Å². The van der Waals surface area contributed by atoms with Gasteiger partial charge in [-0.05, 0) is 47.0 Å². The van der Waals surface area contributed by atoms with E-state index >= 15 is 0 Å². The summed E-state index contributed by atoms with van der Waals surface area (Å²) in [4.78, 5) is 24.8. The van der Waals surface area contributed by atoms with Gasteiger partial charge < -0.3 is 9.69 Å². The van der Waals surface area contributed by atoms with Crippen LogP contribution < -0.4 is 0 Å². The summed E-state index contributed by atoms with van der Waals surface area (Å²) in [6.07, 6.45) is 5.82. The molecule has 0 aromatic carbocycles. The summed E-state index contributed by atoms with van der Waals surface area (Å²) in [5.41, 5.74) is 0. The fraction of sp³-hybridized carbons (Fsp3) is 0.462. The summed E-state index contributed by atoms with van der Waals surface area (Å²) in [7, 11) is 0. The van der Waals surface area contributed by atoms with Crippen LogP contribution in [-0.2, 0) is 9.59 Å². The average molecular weight is 220 g/mol. The Hall–Kier alpha value is -0.860. The maximum absolute atomic E-state index is 12.2. The molecular formula is C13H18NO2. The van der Waals surface area contributed by atoms with Crippen molar-refractivity contribution in [3.63, 3.8) is 0 Å². The van der Waals surface area contributed by atoms with Gasteiger partial charge in [0.15, 0.2) is 0 Å². The summed E-state index contributed by atoms with van der Waals surface area (Å²) < 4.78 is 0. The van der Waals surface area contributed by atoms with Gasteiger partial charge in [0.25, 0.3) is 0 Å². The fourth-order valence-electron chi connectivity index (χ4n) is 1.94. The number of aldehydes is 1. The molecular weight excluding hydrogens is 202 g/mol. The molecule has 16 heavy (non-hydrogen) atoms. The van der Waals surface area contributed by atoms with E-state index in [1.165, 1.54) is 0 Å². The van der Waals surface area contributed by atoms with Gasteiger partial charge in [0.1, 0.15) is 6.29 Å². The minimum Gasteiger partial charge on any atom is -0.337 e. The zero-order valence-electron chi connectivity index (χ0n) is 10.2. The summed E-state index contributed by atoms with van der Waals surface area (Å²) in [5.74, 6) is 0.894. The van der Waals surface area contributed by atoms with E-state index in [4.69, 9.17) is 0 Å². The Morgan fingerprint density at radius 1 is 1.19 bits per heavy atom. The van der Waals surface area contributed by atoms with Crippen molar-refractivity contribution in [2.24, 2.45) is 0 Å². The van der Waals surface area contributed by atoms with Gasteiger partial charge in [-0.1, -0.05) is 0 Å². The van der Waals surface area contributed by atoms with E-state index in [1.807, 2.05) is 27.7 Å². The van der Waals surface area contributed by atoms with Crippen LogP contribution in [0.2, 0.25) is 0 Å². The third-order valence-corrected chi connectivity index (χ3v) is 2.55. The van der Waals surface area contributed by atoms with Gasteiger partial charge in [0.2, 0.25) is 5.91 Å². The molecule has 5 radical (unpaired) electrons. The van der Waals surface area contributed by atoms with Crippen LogP contribution in [-0.4, -0.2) is 29.2 Å². The van der Waals surface area contributed by atoms with Crippen LogP contribution in [0.15, 0.2) is 0 Å². The van der Waals surface area contributed by atoms with Crippen molar-refractivity contribution in [1.82, 2.24) is 4.90 Å². The molecule has 0 spiro atoms. The Kier molecular flexibility index (Phi) is 4.51.